The van der Waals surface area contributed by atoms with E-state index in [1.807, 2.05) is 0 Å². The van der Waals surface area contributed by atoms with E-state index in [4.69, 9.17) is 5.84 Å². The Morgan fingerprint density at radius 3 is 3.00 bits per heavy atom. The first-order chi connectivity index (χ1) is 7.26. The monoisotopic (exact) mass is 205 g/mol. The summed E-state index contributed by atoms with van der Waals surface area (Å²) in [5, 5.41) is 0. The lowest BCUT2D eigenvalue weighted by Gasteiger charge is -1.96. The van der Waals surface area contributed by atoms with Crippen LogP contribution in [0.25, 0.3) is 0 Å². The summed E-state index contributed by atoms with van der Waals surface area (Å²) >= 11 is 0. The van der Waals surface area contributed by atoms with Gasteiger partial charge in [-0.25, -0.2) is 10.8 Å². The van der Waals surface area contributed by atoms with Crippen LogP contribution in [-0.4, -0.2) is 18.1 Å². The van der Waals surface area contributed by atoms with Crippen LogP contribution in [0.2, 0.25) is 0 Å². The van der Waals surface area contributed by atoms with Crippen molar-refractivity contribution in [1.82, 2.24) is 4.98 Å². The predicted molar refractivity (Wildman–Crippen MR) is 55.6 cm³/mol. The van der Waals surface area contributed by atoms with E-state index in [2.05, 4.69) is 27.0 Å². The van der Waals surface area contributed by atoms with Crippen molar-refractivity contribution >= 4 is 11.8 Å². The van der Waals surface area contributed by atoms with Gasteiger partial charge in [-0.1, -0.05) is 11.8 Å². The molecule has 78 valence electrons. The van der Waals surface area contributed by atoms with Gasteiger partial charge in [-0.3, -0.25) is 4.79 Å². The van der Waals surface area contributed by atoms with E-state index in [9.17, 15) is 4.79 Å². The summed E-state index contributed by atoms with van der Waals surface area (Å²) in [7, 11) is 1.33. The Labute approximate surface area is 87.6 Å². The second-order valence-electron chi connectivity index (χ2n) is 2.63. The molecule has 0 aliphatic carbocycles. The molecule has 0 aromatic carbocycles. The SMILES string of the molecule is COC(=O)CC#Cc1ccc(NN)nc1. The summed E-state index contributed by atoms with van der Waals surface area (Å²) in [4.78, 5) is 14.7. The standard InChI is InChI=1S/C10H11N3O2/c1-15-10(14)4-2-3-8-5-6-9(13-11)12-7-8/h5-7H,4,11H2,1H3,(H,12,13). The van der Waals surface area contributed by atoms with Crippen molar-refractivity contribution in [3.8, 4) is 11.8 Å². The highest BCUT2D eigenvalue weighted by Crippen LogP contribution is 2.01. The Morgan fingerprint density at radius 1 is 1.67 bits per heavy atom. The summed E-state index contributed by atoms with van der Waals surface area (Å²) in [5.74, 6) is 10.8. The van der Waals surface area contributed by atoms with Gasteiger partial charge in [0, 0.05) is 11.8 Å². The third-order valence-corrected chi connectivity index (χ3v) is 1.60. The van der Waals surface area contributed by atoms with E-state index < -0.39 is 0 Å². The number of nitrogen functional groups attached to an aromatic ring is 1. The van der Waals surface area contributed by atoms with Crippen LogP contribution >= 0.6 is 0 Å². The van der Waals surface area contributed by atoms with E-state index in [1.165, 1.54) is 7.11 Å². The third-order valence-electron chi connectivity index (χ3n) is 1.60. The van der Waals surface area contributed by atoms with Gasteiger partial charge in [0.2, 0.25) is 0 Å². The van der Waals surface area contributed by atoms with Crippen LogP contribution in [0.1, 0.15) is 12.0 Å². The highest BCUT2D eigenvalue weighted by atomic mass is 16.5. The fourth-order valence-corrected chi connectivity index (χ4v) is 0.844. The molecule has 1 heterocycles. The van der Waals surface area contributed by atoms with E-state index in [0.29, 0.717) is 5.82 Å². The summed E-state index contributed by atoms with van der Waals surface area (Å²) in [6.45, 7) is 0. The molecule has 0 aliphatic rings. The van der Waals surface area contributed by atoms with Crippen LogP contribution in [0.5, 0.6) is 0 Å². The molecular formula is C10H11N3O2. The fourth-order valence-electron chi connectivity index (χ4n) is 0.844. The molecule has 0 fully saturated rings. The van der Waals surface area contributed by atoms with E-state index in [0.717, 1.165) is 5.56 Å². The van der Waals surface area contributed by atoms with Crippen LogP contribution in [0.3, 0.4) is 0 Å². The molecule has 0 saturated carbocycles. The average molecular weight is 205 g/mol. The smallest absolute Gasteiger partial charge is 0.317 e. The first-order valence-electron chi connectivity index (χ1n) is 4.24. The number of ether oxygens (including phenoxy) is 1. The molecule has 0 aliphatic heterocycles. The minimum Gasteiger partial charge on any atom is -0.468 e. The van der Waals surface area contributed by atoms with Gasteiger partial charge >= 0.3 is 5.97 Å². The number of methoxy groups -OCH3 is 1. The summed E-state index contributed by atoms with van der Waals surface area (Å²) in [6, 6.07) is 3.45. The number of carbonyl (C=O) groups excluding carboxylic acids is 1. The fraction of sp³-hybridized carbons (Fsp3) is 0.200. The largest absolute Gasteiger partial charge is 0.468 e. The van der Waals surface area contributed by atoms with E-state index >= 15 is 0 Å². The van der Waals surface area contributed by atoms with Gasteiger partial charge in [0.05, 0.1) is 7.11 Å². The Morgan fingerprint density at radius 2 is 2.47 bits per heavy atom. The zero-order chi connectivity index (χ0) is 11.1. The second-order valence-corrected chi connectivity index (χ2v) is 2.63. The maximum Gasteiger partial charge on any atom is 0.317 e. The number of carbonyl (C=O) groups is 1. The van der Waals surface area contributed by atoms with Crippen molar-refractivity contribution in [2.24, 2.45) is 5.84 Å². The Balaban J connectivity index is 2.60. The van der Waals surface area contributed by atoms with Crippen molar-refractivity contribution < 1.29 is 9.53 Å². The lowest BCUT2D eigenvalue weighted by atomic mass is 10.3. The molecule has 1 aromatic rings. The summed E-state index contributed by atoms with van der Waals surface area (Å²) in [5.41, 5.74) is 3.12. The third kappa shape index (κ3) is 3.67. The van der Waals surface area contributed by atoms with Crippen LogP contribution in [-0.2, 0) is 9.53 Å². The van der Waals surface area contributed by atoms with Gasteiger partial charge in [0.25, 0.3) is 0 Å². The topological polar surface area (TPSA) is 77.2 Å². The number of hydrazine groups is 1. The number of anilines is 1. The number of aromatic nitrogens is 1. The predicted octanol–water partition coefficient (Wildman–Crippen LogP) is 0.282. The van der Waals surface area contributed by atoms with Crippen molar-refractivity contribution in [2.75, 3.05) is 12.5 Å². The number of esters is 1. The number of nitrogens with zero attached hydrogens (tertiary/aromatic N) is 1. The van der Waals surface area contributed by atoms with Crippen LogP contribution in [0.4, 0.5) is 5.82 Å². The minimum absolute atomic E-state index is 0.0768. The van der Waals surface area contributed by atoms with Crippen LogP contribution in [0.15, 0.2) is 18.3 Å². The second kappa shape index (κ2) is 5.62. The molecule has 5 nitrogen and oxygen atoms in total. The van der Waals surface area contributed by atoms with Gasteiger partial charge in [0.1, 0.15) is 12.2 Å². The van der Waals surface area contributed by atoms with E-state index in [1.54, 1.807) is 18.3 Å². The van der Waals surface area contributed by atoms with Gasteiger partial charge in [-0.05, 0) is 12.1 Å². The number of rotatable bonds is 2. The van der Waals surface area contributed by atoms with Crippen LogP contribution in [0, 0.1) is 11.8 Å². The van der Waals surface area contributed by atoms with Crippen molar-refractivity contribution in [2.45, 2.75) is 6.42 Å². The zero-order valence-corrected chi connectivity index (χ0v) is 8.28. The molecule has 0 radical (unpaired) electrons. The molecule has 1 rings (SSSR count). The van der Waals surface area contributed by atoms with Gasteiger partial charge in [0.15, 0.2) is 0 Å². The maximum absolute atomic E-state index is 10.7. The number of hydrogen-bond acceptors (Lipinski definition) is 5. The Bertz CT molecular complexity index is 389. The molecule has 15 heavy (non-hydrogen) atoms. The molecule has 0 spiro atoms. The first-order valence-corrected chi connectivity index (χ1v) is 4.24. The summed E-state index contributed by atoms with van der Waals surface area (Å²) in [6.07, 6.45) is 1.65. The minimum atomic E-state index is -0.351. The first kappa shape index (κ1) is 11.0. The molecule has 1 aromatic heterocycles. The number of nitrogens with one attached hydrogen (secondary N) is 1. The molecule has 0 unspecified atom stereocenters. The van der Waals surface area contributed by atoms with E-state index in [-0.39, 0.29) is 12.4 Å². The van der Waals surface area contributed by atoms with Gasteiger partial charge < -0.3 is 10.2 Å². The lowest BCUT2D eigenvalue weighted by Crippen LogP contribution is -2.07. The van der Waals surface area contributed by atoms with Gasteiger partial charge in [-0.2, -0.15) is 0 Å². The normalized spacial score (nSPS) is 8.67. The quantitative estimate of drug-likeness (QED) is 0.314. The molecular weight excluding hydrogens is 194 g/mol. The lowest BCUT2D eigenvalue weighted by molar-refractivity contribution is -0.139. The highest BCUT2D eigenvalue weighted by Gasteiger charge is 1.94. The highest BCUT2D eigenvalue weighted by molar-refractivity contribution is 5.72. The Kier molecular flexibility index (Phi) is 4.13. The molecule has 0 atom stereocenters. The van der Waals surface area contributed by atoms with Crippen molar-refractivity contribution in [1.29, 1.82) is 0 Å². The van der Waals surface area contributed by atoms with Gasteiger partial charge in [-0.15, -0.1) is 0 Å². The number of nitrogens with two attached hydrogens (primary N) is 1. The van der Waals surface area contributed by atoms with Crippen molar-refractivity contribution in [3.63, 3.8) is 0 Å². The van der Waals surface area contributed by atoms with Crippen LogP contribution < -0.4 is 11.3 Å². The molecule has 0 bridgehead atoms. The molecule has 5 heteroatoms. The Hall–Kier alpha value is -2.06. The number of hydrogen-bond donors (Lipinski definition) is 2. The molecule has 0 saturated heterocycles. The molecule has 3 N–H and O–H groups in total. The number of pyridine rings is 1. The average Bonchev–Trinajstić information content (AvgIpc) is 2.29. The maximum atomic E-state index is 10.7. The summed E-state index contributed by atoms with van der Waals surface area (Å²) < 4.78 is 4.44. The molecule has 0 amide bonds. The van der Waals surface area contributed by atoms with Crippen molar-refractivity contribution in [3.05, 3.63) is 23.9 Å². The zero-order valence-electron chi connectivity index (χ0n) is 8.28.